The van der Waals surface area contributed by atoms with Crippen LogP contribution in [0.3, 0.4) is 0 Å². The first-order valence-corrected chi connectivity index (χ1v) is 7.58. The second-order valence-electron chi connectivity index (χ2n) is 4.98. The van der Waals surface area contributed by atoms with Crippen LogP contribution in [0.2, 0.25) is 0 Å². The van der Waals surface area contributed by atoms with Crippen molar-refractivity contribution in [3.8, 4) is 0 Å². The fourth-order valence-electron chi connectivity index (χ4n) is 2.50. The van der Waals surface area contributed by atoms with E-state index < -0.39 is 0 Å². The van der Waals surface area contributed by atoms with Gasteiger partial charge in [-0.25, -0.2) is 4.39 Å². The van der Waals surface area contributed by atoms with Gasteiger partial charge in [-0.2, -0.15) is 5.10 Å². The second-order valence-corrected chi connectivity index (χ2v) is 4.98. The van der Waals surface area contributed by atoms with Gasteiger partial charge in [0.05, 0.1) is 17.4 Å². The predicted octanol–water partition coefficient (Wildman–Crippen LogP) is 2.89. The van der Waals surface area contributed by atoms with E-state index in [1.807, 2.05) is 11.6 Å². The van der Waals surface area contributed by atoms with Crippen LogP contribution in [0.1, 0.15) is 43.9 Å². The summed E-state index contributed by atoms with van der Waals surface area (Å²) in [5, 5.41) is 7.87. The molecule has 0 saturated carbocycles. The second kappa shape index (κ2) is 7.31. The highest BCUT2D eigenvalue weighted by atomic mass is 19.1. The predicted molar refractivity (Wildman–Crippen MR) is 81.6 cm³/mol. The highest BCUT2D eigenvalue weighted by Gasteiger charge is 2.19. The molecule has 0 bridgehead atoms. The molecule has 0 aliphatic heterocycles. The maximum atomic E-state index is 14.0. The lowest BCUT2D eigenvalue weighted by atomic mass is 10.1. The minimum absolute atomic E-state index is 0.136. The van der Waals surface area contributed by atoms with Crippen molar-refractivity contribution in [1.29, 1.82) is 0 Å². The summed E-state index contributed by atoms with van der Waals surface area (Å²) in [7, 11) is 0. The lowest BCUT2D eigenvalue weighted by Crippen LogP contribution is -2.26. The number of pyridine rings is 1. The van der Waals surface area contributed by atoms with Gasteiger partial charge < -0.3 is 5.32 Å². The Morgan fingerprint density at radius 1 is 1.33 bits per heavy atom. The van der Waals surface area contributed by atoms with E-state index in [0.29, 0.717) is 12.1 Å². The first-order chi connectivity index (χ1) is 10.2. The maximum Gasteiger partial charge on any atom is 0.146 e. The first kappa shape index (κ1) is 15.6. The summed E-state index contributed by atoms with van der Waals surface area (Å²) in [6, 6.07) is 5.05. The number of aromatic nitrogens is 3. The summed E-state index contributed by atoms with van der Waals surface area (Å²) in [6.07, 6.45) is 3.23. The Morgan fingerprint density at radius 2 is 2.14 bits per heavy atom. The van der Waals surface area contributed by atoms with Crippen molar-refractivity contribution < 1.29 is 4.39 Å². The zero-order valence-electron chi connectivity index (χ0n) is 12.9. The fraction of sp³-hybridized carbons (Fsp3) is 0.500. The summed E-state index contributed by atoms with van der Waals surface area (Å²) in [4.78, 5) is 4.21. The normalized spacial score (nSPS) is 12.6. The van der Waals surface area contributed by atoms with Crippen LogP contribution in [0.15, 0.2) is 24.4 Å². The third-order valence-corrected chi connectivity index (χ3v) is 3.56. The van der Waals surface area contributed by atoms with Crippen LogP contribution < -0.4 is 5.32 Å². The van der Waals surface area contributed by atoms with Crippen molar-refractivity contribution in [3.05, 3.63) is 47.3 Å². The molecule has 2 aromatic rings. The molecule has 0 fully saturated rings. The van der Waals surface area contributed by atoms with Gasteiger partial charge in [0.25, 0.3) is 0 Å². The lowest BCUT2D eigenvalue weighted by Gasteiger charge is -2.18. The summed E-state index contributed by atoms with van der Waals surface area (Å²) in [5.74, 6) is -0.262. The molecule has 0 amide bonds. The molecule has 2 rings (SSSR count). The average Bonchev–Trinajstić information content (AvgIpc) is 2.89. The molecule has 0 aliphatic rings. The molecule has 0 aliphatic carbocycles. The van der Waals surface area contributed by atoms with Gasteiger partial charge in [-0.1, -0.05) is 13.8 Å². The number of likely N-dealkylation sites (N-methyl/N-ethyl adjacent to an activating group) is 1. The molecule has 114 valence electrons. The Bertz CT molecular complexity index is 579. The molecule has 2 heterocycles. The summed E-state index contributed by atoms with van der Waals surface area (Å²) in [6.45, 7) is 7.76. The SMILES string of the molecule is CCNC(Cc1cc(CC)nn1CC)c1ncccc1F. The minimum atomic E-state index is -0.262. The zero-order chi connectivity index (χ0) is 15.2. The number of nitrogens with one attached hydrogen (secondary N) is 1. The Morgan fingerprint density at radius 3 is 2.76 bits per heavy atom. The molecular formula is C16H23FN4. The van der Waals surface area contributed by atoms with Crippen LogP contribution in [0.25, 0.3) is 0 Å². The van der Waals surface area contributed by atoms with E-state index in [9.17, 15) is 4.39 Å². The molecule has 0 saturated heterocycles. The topological polar surface area (TPSA) is 42.7 Å². The van der Waals surface area contributed by atoms with Gasteiger partial charge in [0.15, 0.2) is 0 Å². The number of aryl methyl sites for hydroxylation is 2. The molecule has 1 unspecified atom stereocenters. The van der Waals surface area contributed by atoms with Crippen LogP contribution in [0, 0.1) is 5.82 Å². The highest BCUT2D eigenvalue weighted by molar-refractivity contribution is 5.18. The third kappa shape index (κ3) is 3.67. The van der Waals surface area contributed by atoms with Crippen LogP contribution >= 0.6 is 0 Å². The number of nitrogens with zero attached hydrogens (tertiary/aromatic N) is 3. The lowest BCUT2D eigenvalue weighted by molar-refractivity contribution is 0.477. The van der Waals surface area contributed by atoms with E-state index in [1.165, 1.54) is 6.07 Å². The molecular weight excluding hydrogens is 267 g/mol. The van der Waals surface area contributed by atoms with Gasteiger partial charge in [-0.15, -0.1) is 0 Å². The molecule has 1 N–H and O–H groups in total. The monoisotopic (exact) mass is 290 g/mol. The van der Waals surface area contributed by atoms with Gasteiger partial charge in [0.2, 0.25) is 0 Å². The molecule has 5 heteroatoms. The van der Waals surface area contributed by atoms with E-state index in [2.05, 4.69) is 35.3 Å². The Labute approximate surface area is 125 Å². The van der Waals surface area contributed by atoms with E-state index >= 15 is 0 Å². The molecule has 0 aromatic carbocycles. The van der Waals surface area contributed by atoms with Gasteiger partial charge in [0.1, 0.15) is 5.82 Å². The number of hydrogen-bond donors (Lipinski definition) is 1. The summed E-state index contributed by atoms with van der Waals surface area (Å²) >= 11 is 0. The Balaban J connectivity index is 2.28. The van der Waals surface area contributed by atoms with E-state index in [1.54, 1.807) is 12.3 Å². The minimum Gasteiger partial charge on any atom is -0.308 e. The van der Waals surface area contributed by atoms with Crippen LogP contribution in [-0.4, -0.2) is 21.3 Å². The largest absolute Gasteiger partial charge is 0.308 e. The zero-order valence-corrected chi connectivity index (χ0v) is 12.9. The molecule has 21 heavy (non-hydrogen) atoms. The molecule has 0 radical (unpaired) electrons. The fourth-order valence-corrected chi connectivity index (χ4v) is 2.50. The highest BCUT2D eigenvalue weighted by Crippen LogP contribution is 2.20. The van der Waals surface area contributed by atoms with Crippen molar-refractivity contribution in [2.24, 2.45) is 0 Å². The van der Waals surface area contributed by atoms with Crippen molar-refractivity contribution in [1.82, 2.24) is 20.1 Å². The number of rotatable bonds is 7. The first-order valence-electron chi connectivity index (χ1n) is 7.58. The van der Waals surface area contributed by atoms with E-state index in [4.69, 9.17) is 0 Å². The van der Waals surface area contributed by atoms with Crippen LogP contribution in [-0.2, 0) is 19.4 Å². The Kier molecular flexibility index (Phi) is 5.44. The van der Waals surface area contributed by atoms with Gasteiger partial charge in [-0.3, -0.25) is 9.67 Å². The Hall–Kier alpha value is -1.75. The average molecular weight is 290 g/mol. The molecule has 0 spiro atoms. The van der Waals surface area contributed by atoms with Gasteiger partial charge >= 0.3 is 0 Å². The van der Waals surface area contributed by atoms with E-state index in [-0.39, 0.29) is 11.9 Å². The van der Waals surface area contributed by atoms with Gasteiger partial charge in [-0.05, 0) is 38.1 Å². The van der Waals surface area contributed by atoms with E-state index in [0.717, 1.165) is 30.9 Å². The van der Waals surface area contributed by atoms with Crippen LogP contribution in [0.5, 0.6) is 0 Å². The molecule has 4 nitrogen and oxygen atoms in total. The maximum absolute atomic E-state index is 14.0. The number of hydrogen-bond acceptors (Lipinski definition) is 3. The third-order valence-electron chi connectivity index (χ3n) is 3.56. The van der Waals surface area contributed by atoms with Crippen molar-refractivity contribution in [3.63, 3.8) is 0 Å². The van der Waals surface area contributed by atoms with Gasteiger partial charge in [0, 0.05) is 24.9 Å². The molecule has 2 aromatic heterocycles. The smallest absolute Gasteiger partial charge is 0.146 e. The van der Waals surface area contributed by atoms with Crippen molar-refractivity contribution in [2.45, 2.75) is 46.2 Å². The van der Waals surface area contributed by atoms with Crippen molar-refractivity contribution >= 4 is 0 Å². The van der Waals surface area contributed by atoms with Crippen molar-refractivity contribution in [2.75, 3.05) is 6.54 Å². The summed E-state index contributed by atoms with van der Waals surface area (Å²) in [5.41, 5.74) is 2.66. The number of halogens is 1. The molecule has 1 atom stereocenters. The quantitative estimate of drug-likeness (QED) is 0.852. The standard InChI is InChI=1S/C16H23FN4/c1-4-12-10-13(21(6-3)20-12)11-15(18-5-2)16-14(17)8-7-9-19-16/h7-10,15,18H,4-6,11H2,1-3H3. The summed E-state index contributed by atoms with van der Waals surface area (Å²) < 4.78 is 16.0. The van der Waals surface area contributed by atoms with Crippen LogP contribution in [0.4, 0.5) is 4.39 Å².